The van der Waals surface area contributed by atoms with Gasteiger partial charge in [-0.2, -0.15) is 0 Å². The number of aromatic nitrogens is 1. The number of ether oxygens (including phenoxy) is 2. The maximum Gasteiger partial charge on any atom is 0.168 e. The Kier molecular flexibility index (Phi) is 23.8. The van der Waals surface area contributed by atoms with E-state index < -0.39 is 10.1 Å². The highest BCUT2D eigenvalue weighted by molar-refractivity contribution is 7.85. The van der Waals surface area contributed by atoms with E-state index in [4.69, 9.17) is 9.47 Å². The predicted molar refractivity (Wildman–Crippen MR) is 192 cm³/mol. The Morgan fingerprint density at radius 3 is 1.85 bits per heavy atom. The van der Waals surface area contributed by atoms with Gasteiger partial charge in [0.15, 0.2) is 12.4 Å². The third-order valence-corrected chi connectivity index (χ3v) is 10.1. The molecule has 0 saturated carbocycles. The van der Waals surface area contributed by atoms with Crippen LogP contribution < -0.4 is 4.57 Å². The maximum absolute atomic E-state index is 10.4. The molecule has 1 aliphatic rings. The molecule has 2 atom stereocenters. The topological polar surface area (TPSA) is 79.5 Å². The highest BCUT2D eigenvalue weighted by Gasteiger charge is 2.25. The Hall–Kier alpha value is -1.80. The standard InChI is InChI=1S/C33H60NO2.C7H8O3S/c1-2-3-4-5-6-7-8-9-10-11-12-13-15-19-24-32-29-33(36-30-32)31-35-28-23-17-14-16-20-25-34-26-21-18-22-27-34;1-6-2-4-7(5-3-6)11(8,9)10/h18,21-22,26-27,32-33H,2-17,19-20,23-25,28-31H2,1H3;2-5H,1H3,(H,8,9,10)/q+1;/p-1/t32-,33+;/m0./s1. The van der Waals surface area contributed by atoms with Crippen molar-refractivity contribution >= 4 is 10.1 Å². The molecule has 0 amide bonds. The summed E-state index contributed by atoms with van der Waals surface area (Å²) in [6.07, 6.45) is 33.8. The Bertz CT molecular complexity index is 1090. The Balaban J connectivity index is 0.000000587. The number of pyridine rings is 1. The number of hydrogen-bond acceptors (Lipinski definition) is 5. The van der Waals surface area contributed by atoms with Crippen molar-refractivity contribution in [3.05, 3.63) is 60.4 Å². The van der Waals surface area contributed by atoms with Crippen LogP contribution in [0.2, 0.25) is 0 Å². The summed E-state index contributed by atoms with van der Waals surface area (Å²) in [6, 6.07) is 12.1. The minimum absolute atomic E-state index is 0.178. The molecule has 47 heavy (non-hydrogen) atoms. The lowest BCUT2D eigenvalue weighted by Gasteiger charge is -2.10. The largest absolute Gasteiger partial charge is 0.744 e. The highest BCUT2D eigenvalue weighted by atomic mass is 32.2. The van der Waals surface area contributed by atoms with Gasteiger partial charge in [-0.3, -0.25) is 0 Å². The fraction of sp³-hybridized carbons (Fsp3) is 0.725. The van der Waals surface area contributed by atoms with E-state index >= 15 is 0 Å². The van der Waals surface area contributed by atoms with Gasteiger partial charge in [0.25, 0.3) is 0 Å². The van der Waals surface area contributed by atoms with E-state index in [0.29, 0.717) is 6.10 Å². The lowest BCUT2D eigenvalue weighted by Crippen LogP contribution is -2.32. The first-order valence-electron chi connectivity index (χ1n) is 19.0. The van der Waals surface area contributed by atoms with Crippen LogP contribution in [-0.4, -0.2) is 38.9 Å². The summed E-state index contributed by atoms with van der Waals surface area (Å²) in [5.41, 5.74) is 0.928. The number of nitrogens with zero attached hydrogens (tertiary/aromatic N) is 1. The fourth-order valence-electron chi connectivity index (χ4n) is 6.26. The normalized spacial score (nSPS) is 16.2. The molecule has 0 bridgehead atoms. The van der Waals surface area contributed by atoms with Crippen LogP contribution in [0.25, 0.3) is 0 Å². The Labute approximate surface area is 288 Å². The average Bonchev–Trinajstić information content (AvgIpc) is 3.52. The van der Waals surface area contributed by atoms with E-state index in [2.05, 4.69) is 42.1 Å². The number of unbranched alkanes of at least 4 members (excludes halogenated alkanes) is 17. The molecule has 0 aliphatic carbocycles. The van der Waals surface area contributed by atoms with Gasteiger partial charge in [0.2, 0.25) is 0 Å². The van der Waals surface area contributed by atoms with Crippen molar-refractivity contribution in [2.75, 3.05) is 19.8 Å². The maximum atomic E-state index is 10.4. The van der Waals surface area contributed by atoms with Crippen LogP contribution in [0, 0.1) is 12.8 Å². The zero-order valence-electron chi connectivity index (χ0n) is 29.9. The Morgan fingerprint density at radius 2 is 1.28 bits per heavy atom. The van der Waals surface area contributed by atoms with Crippen molar-refractivity contribution < 1.29 is 27.0 Å². The smallest absolute Gasteiger partial charge is 0.168 e. The summed E-state index contributed by atoms with van der Waals surface area (Å²) in [6.45, 7) is 7.92. The van der Waals surface area contributed by atoms with E-state index in [0.717, 1.165) is 37.8 Å². The minimum atomic E-state index is -4.27. The lowest BCUT2D eigenvalue weighted by atomic mass is 9.97. The molecule has 1 fully saturated rings. The zero-order chi connectivity index (χ0) is 33.8. The van der Waals surface area contributed by atoms with Gasteiger partial charge in [0.1, 0.15) is 16.7 Å². The molecule has 7 heteroatoms. The number of hydrogen-bond donors (Lipinski definition) is 0. The first-order valence-corrected chi connectivity index (χ1v) is 20.4. The van der Waals surface area contributed by atoms with Crippen molar-refractivity contribution in [2.45, 2.75) is 166 Å². The molecule has 0 unspecified atom stereocenters. The van der Waals surface area contributed by atoms with Crippen molar-refractivity contribution in [1.82, 2.24) is 0 Å². The summed E-state index contributed by atoms with van der Waals surface area (Å²) in [7, 11) is -4.27. The molecule has 268 valence electrons. The molecule has 1 aromatic heterocycles. The zero-order valence-corrected chi connectivity index (χ0v) is 30.7. The van der Waals surface area contributed by atoms with Gasteiger partial charge in [-0.1, -0.05) is 133 Å². The first kappa shape index (κ1) is 41.4. The number of benzene rings is 1. The predicted octanol–water partition coefficient (Wildman–Crippen LogP) is 10.1. The van der Waals surface area contributed by atoms with E-state index in [1.807, 2.05) is 6.92 Å². The van der Waals surface area contributed by atoms with Gasteiger partial charge in [-0.25, -0.2) is 13.0 Å². The van der Waals surface area contributed by atoms with Crippen LogP contribution >= 0.6 is 0 Å². The summed E-state index contributed by atoms with van der Waals surface area (Å²) < 4.78 is 45.4. The van der Waals surface area contributed by atoms with Gasteiger partial charge < -0.3 is 14.0 Å². The minimum Gasteiger partial charge on any atom is -0.744 e. The average molecular weight is 674 g/mol. The summed E-state index contributed by atoms with van der Waals surface area (Å²) in [5.74, 6) is 0.776. The Morgan fingerprint density at radius 1 is 0.745 bits per heavy atom. The van der Waals surface area contributed by atoms with Gasteiger partial charge >= 0.3 is 0 Å². The second-order valence-corrected chi connectivity index (χ2v) is 15.0. The van der Waals surface area contributed by atoms with Gasteiger partial charge in [-0.05, 0) is 50.7 Å². The van der Waals surface area contributed by atoms with Crippen LogP contribution in [0.15, 0.2) is 59.8 Å². The summed E-state index contributed by atoms with van der Waals surface area (Å²) in [5, 5.41) is 0. The molecular formula is C40H67NO5S. The van der Waals surface area contributed by atoms with Crippen molar-refractivity contribution in [1.29, 1.82) is 0 Å². The van der Waals surface area contributed by atoms with Crippen molar-refractivity contribution in [3.8, 4) is 0 Å². The fourth-order valence-corrected chi connectivity index (χ4v) is 6.73. The molecule has 1 saturated heterocycles. The quantitative estimate of drug-likeness (QED) is 0.0564. The number of aryl methyl sites for hydroxylation is 2. The van der Waals surface area contributed by atoms with E-state index in [1.165, 1.54) is 147 Å². The molecule has 1 aliphatic heterocycles. The van der Waals surface area contributed by atoms with Crippen LogP contribution in [0.1, 0.15) is 147 Å². The van der Waals surface area contributed by atoms with E-state index in [9.17, 15) is 13.0 Å². The molecule has 1 aromatic carbocycles. The van der Waals surface area contributed by atoms with Gasteiger partial charge in [0.05, 0.1) is 17.6 Å². The van der Waals surface area contributed by atoms with Crippen LogP contribution in [0.3, 0.4) is 0 Å². The first-order chi connectivity index (χ1) is 22.9. The third kappa shape index (κ3) is 22.5. The summed E-state index contributed by atoms with van der Waals surface area (Å²) in [4.78, 5) is -0.178. The molecule has 6 nitrogen and oxygen atoms in total. The molecule has 0 spiro atoms. The molecule has 0 N–H and O–H groups in total. The second-order valence-electron chi connectivity index (χ2n) is 13.7. The molecule has 0 radical (unpaired) electrons. The van der Waals surface area contributed by atoms with Crippen LogP contribution in [0.4, 0.5) is 0 Å². The van der Waals surface area contributed by atoms with Crippen molar-refractivity contribution in [3.63, 3.8) is 0 Å². The van der Waals surface area contributed by atoms with Crippen molar-refractivity contribution in [2.24, 2.45) is 5.92 Å². The van der Waals surface area contributed by atoms with Crippen LogP contribution in [0.5, 0.6) is 0 Å². The monoisotopic (exact) mass is 673 g/mol. The molecule has 2 aromatic rings. The van der Waals surface area contributed by atoms with Gasteiger partial charge in [0, 0.05) is 31.8 Å². The molecular weight excluding hydrogens is 607 g/mol. The summed E-state index contributed by atoms with van der Waals surface area (Å²) >= 11 is 0. The van der Waals surface area contributed by atoms with Crippen LogP contribution in [-0.2, 0) is 26.1 Å². The lowest BCUT2D eigenvalue weighted by molar-refractivity contribution is -0.697. The SMILES string of the molecule is CCCCCCCCCCCCCCCC[C@@H]1CO[C@@H](COCCCCCCC[n+]2ccccc2)C1.Cc1ccc(S(=O)(=O)[O-])cc1. The van der Waals surface area contributed by atoms with E-state index in [1.54, 1.807) is 12.1 Å². The number of rotatable bonds is 26. The van der Waals surface area contributed by atoms with E-state index in [-0.39, 0.29) is 4.90 Å². The molecule has 2 heterocycles. The highest BCUT2D eigenvalue weighted by Crippen LogP contribution is 2.25. The second kappa shape index (κ2) is 27.1. The molecule has 3 rings (SSSR count). The third-order valence-electron chi connectivity index (χ3n) is 9.23. The van der Waals surface area contributed by atoms with Gasteiger partial charge in [-0.15, -0.1) is 0 Å².